The van der Waals surface area contributed by atoms with E-state index < -0.39 is 0 Å². The summed E-state index contributed by atoms with van der Waals surface area (Å²) in [5.74, 6) is 0.793. The first-order chi connectivity index (χ1) is 5.36. The lowest BCUT2D eigenvalue weighted by molar-refractivity contribution is 0.300. The van der Waals surface area contributed by atoms with Gasteiger partial charge in [-0.2, -0.15) is 0 Å². The molecule has 0 bridgehead atoms. The van der Waals surface area contributed by atoms with Gasteiger partial charge in [0.2, 0.25) is 0 Å². The Morgan fingerprint density at radius 1 is 1.58 bits per heavy atom. The second-order valence-corrected chi connectivity index (χ2v) is 2.64. The van der Waals surface area contributed by atoms with E-state index in [4.69, 9.17) is 5.11 Å². The molecule has 1 fully saturated rings. The summed E-state index contributed by atoms with van der Waals surface area (Å²) >= 11 is 0. The molecule has 0 saturated heterocycles. The molecular formula is C7H16IN3O. The van der Waals surface area contributed by atoms with Crippen LogP contribution in [-0.4, -0.2) is 37.3 Å². The number of hydrogen-bond acceptors (Lipinski definition) is 2. The molecule has 72 valence electrons. The molecule has 0 radical (unpaired) electrons. The monoisotopic (exact) mass is 285 g/mol. The minimum Gasteiger partial charge on any atom is -0.395 e. The van der Waals surface area contributed by atoms with Crippen molar-refractivity contribution in [3.8, 4) is 0 Å². The molecule has 1 saturated carbocycles. The molecule has 5 heteroatoms. The van der Waals surface area contributed by atoms with Crippen LogP contribution in [0.2, 0.25) is 0 Å². The van der Waals surface area contributed by atoms with Gasteiger partial charge in [-0.15, -0.1) is 24.0 Å². The molecule has 0 unspecified atom stereocenters. The van der Waals surface area contributed by atoms with E-state index in [1.807, 2.05) is 0 Å². The lowest BCUT2D eigenvalue weighted by Gasteiger charge is -2.08. The fourth-order valence-electron chi connectivity index (χ4n) is 0.790. The van der Waals surface area contributed by atoms with Gasteiger partial charge in [0.15, 0.2) is 5.96 Å². The average Bonchev–Trinajstić information content (AvgIpc) is 2.81. The van der Waals surface area contributed by atoms with Crippen molar-refractivity contribution in [2.24, 2.45) is 4.99 Å². The third-order valence-corrected chi connectivity index (χ3v) is 1.55. The van der Waals surface area contributed by atoms with E-state index in [1.165, 1.54) is 12.8 Å². The summed E-state index contributed by atoms with van der Waals surface area (Å²) in [5, 5.41) is 14.7. The highest BCUT2D eigenvalue weighted by atomic mass is 127. The number of nitrogens with one attached hydrogen (secondary N) is 2. The van der Waals surface area contributed by atoms with Gasteiger partial charge in [-0.3, -0.25) is 4.99 Å². The molecule has 0 spiro atoms. The molecule has 0 aliphatic heterocycles. The van der Waals surface area contributed by atoms with Crippen LogP contribution in [0.15, 0.2) is 4.99 Å². The van der Waals surface area contributed by atoms with Gasteiger partial charge in [0.05, 0.1) is 6.61 Å². The smallest absolute Gasteiger partial charge is 0.191 e. The Morgan fingerprint density at radius 2 is 2.25 bits per heavy atom. The van der Waals surface area contributed by atoms with Gasteiger partial charge in [-0.1, -0.05) is 0 Å². The van der Waals surface area contributed by atoms with Crippen molar-refractivity contribution in [2.45, 2.75) is 18.9 Å². The van der Waals surface area contributed by atoms with Crippen LogP contribution in [0, 0.1) is 0 Å². The van der Waals surface area contributed by atoms with Crippen LogP contribution >= 0.6 is 24.0 Å². The Labute approximate surface area is 89.9 Å². The summed E-state index contributed by atoms with van der Waals surface area (Å²) in [6.45, 7) is 0.706. The first-order valence-corrected chi connectivity index (χ1v) is 3.95. The van der Waals surface area contributed by atoms with Gasteiger partial charge in [0.25, 0.3) is 0 Å². The first kappa shape index (κ1) is 12.0. The maximum absolute atomic E-state index is 8.52. The summed E-state index contributed by atoms with van der Waals surface area (Å²) in [5.41, 5.74) is 0. The fraction of sp³-hybridized carbons (Fsp3) is 0.857. The van der Waals surface area contributed by atoms with E-state index in [9.17, 15) is 0 Å². The van der Waals surface area contributed by atoms with Crippen LogP contribution in [0.5, 0.6) is 0 Å². The molecular weight excluding hydrogens is 269 g/mol. The van der Waals surface area contributed by atoms with E-state index in [0.29, 0.717) is 12.6 Å². The molecule has 0 amide bonds. The number of rotatable bonds is 3. The molecule has 4 nitrogen and oxygen atoms in total. The van der Waals surface area contributed by atoms with Gasteiger partial charge < -0.3 is 15.7 Å². The Morgan fingerprint density at radius 3 is 2.67 bits per heavy atom. The molecule has 1 aliphatic carbocycles. The number of aliphatic hydroxyl groups is 1. The van der Waals surface area contributed by atoms with Crippen LogP contribution in [0.25, 0.3) is 0 Å². The van der Waals surface area contributed by atoms with Gasteiger partial charge in [0.1, 0.15) is 0 Å². The van der Waals surface area contributed by atoms with E-state index >= 15 is 0 Å². The normalized spacial score (nSPS) is 16.7. The molecule has 1 aliphatic rings. The van der Waals surface area contributed by atoms with E-state index in [-0.39, 0.29) is 30.6 Å². The zero-order valence-electron chi connectivity index (χ0n) is 7.21. The number of aliphatic imine (C=N–C) groups is 1. The molecule has 0 aromatic carbocycles. The van der Waals surface area contributed by atoms with Gasteiger partial charge in [0, 0.05) is 19.6 Å². The van der Waals surface area contributed by atoms with E-state index in [1.54, 1.807) is 7.05 Å². The van der Waals surface area contributed by atoms with Crippen LogP contribution < -0.4 is 10.6 Å². The first-order valence-electron chi connectivity index (χ1n) is 3.95. The summed E-state index contributed by atoms with van der Waals surface area (Å²) in [7, 11) is 1.73. The number of halogens is 1. The summed E-state index contributed by atoms with van der Waals surface area (Å²) in [4.78, 5) is 3.99. The van der Waals surface area contributed by atoms with Crippen molar-refractivity contribution in [1.29, 1.82) is 0 Å². The average molecular weight is 285 g/mol. The highest BCUT2D eigenvalue weighted by molar-refractivity contribution is 14.0. The Balaban J connectivity index is 0.00000121. The molecule has 12 heavy (non-hydrogen) atoms. The van der Waals surface area contributed by atoms with Crippen LogP contribution in [0.3, 0.4) is 0 Å². The van der Waals surface area contributed by atoms with Crippen molar-refractivity contribution >= 4 is 29.9 Å². The number of hydrogen-bond donors (Lipinski definition) is 3. The maximum atomic E-state index is 8.52. The second kappa shape index (κ2) is 6.47. The minimum absolute atomic E-state index is 0. The quantitative estimate of drug-likeness (QED) is 0.386. The third kappa shape index (κ3) is 4.76. The molecule has 0 aromatic rings. The lowest BCUT2D eigenvalue weighted by atomic mass is 10.6. The molecule has 0 heterocycles. The van der Waals surface area contributed by atoms with Crippen LogP contribution in [-0.2, 0) is 0 Å². The van der Waals surface area contributed by atoms with Crippen molar-refractivity contribution in [1.82, 2.24) is 10.6 Å². The zero-order valence-corrected chi connectivity index (χ0v) is 9.54. The van der Waals surface area contributed by atoms with E-state index in [2.05, 4.69) is 15.6 Å². The molecule has 0 atom stereocenters. The predicted octanol–water partition coefficient (Wildman–Crippen LogP) is -0.0759. The Hall–Kier alpha value is -0.0400. The number of guanidine groups is 1. The SMILES string of the molecule is CN=C(NCCO)NC1CC1.I. The van der Waals surface area contributed by atoms with Crippen LogP contribution in [0.1, 0.15) is 12.8 Å². The van der Waals surface area contributed by atoms with Crippen molar-refractivity contribution in [3.05, 3.63) is 0 Å². The molecule has 1 rings (SSSR count). The fourth-order valence-corrected chi connectivity index (χ4v) is 0.790. The van der Waals surface area contributed by atoms with Gasteiger partial charge >= 0.3 is 0 Å². The maximum Gasteiger partial charge on any atom is 0.191 e. The minimum atomic E-state index is 0. The number of aliphatic hydroxyl groups excluding tert-OH is 1. The van der Waals surface area contributed by atoms with Gasteiger partial charge in [-0.05, 0) is 12.8 Å². The third-order valence-electron chi connectivity index (χ3n) is 1.55. The van der Waals surface area contributed by atoms with Crippen LogP contribution in [0.4, 0.5) is 0 Å². The largest absolute Gasteiger partial charge is 0.395 e. The van der Waals surface area contributed by atoms with E-state index in [0.717, 1.165) is 5.96 Å². The highest BCUT2D eigenvalue weighted by Gasteiger charge is 2.21. The molecule has 3 N–H and O–H groups in total. The second-order valence-electron chi connectivity index (χ2n) is 2.64. The highest BCUT2D eigenvalue weighted by Crippen LogP contribution is 2.18. The zero-order chi connectivity index (χ0) is 8.10. The summed E-state index contributed by atoms with van der Waals surface area (Å²) in [6, 6.07) is 0.611. The number of nitrogens with zero attached hydrogens (tertiary/aromatic N) is 1. The topological polar surface area (TPSA) is 56.7 Å². The summed E-state index contributed by atoms with van der Waals surface area (Å²) in [6.07, 6.45) is 2.47. The van der Waals surface area contributed by atoms with Gasteiger partial charge in [-0.25, -0.2) is 0 Å². The standard InChI is InChI=1S/C7H15N3O.HI/c1-8-7(9-4-5-11)10-6-2-3-6;/h6,11H,2-5H2,1H3,(H2,8,9,10);1H. The van der Waals surface area contributed by atoms with Crippen molar-refractivity contribution in [2.75, 3.05) is 20.2 Å². The van der Waals surface area contributed by atoms with Crippen molar-refractivity contribution in [3.63, 3.8) is 0 Å². The Bertz CT molecular complexity index is 148. The lowest BCUT2D eigenvalue weighted by Crippen LogP contribution is -2.39. The Kier molecular flexibility index (Phi) is 6.45. The van der Waals surface area contributed by atoms with Crippen molar-refractivity contribution < 1.29 is 5.11 Å². The summed E-state index contributed by atoms with van der Waals surface area (Å²) < 4.78 is 0. The predicted molar refractivity (Wildman–Crippen MR) is 60.0 cm³/mol. The molecule has 0 aromatic heterocycles.